The van der Waals surface area contributed by atoms with Crippen LogP contribution in [0.25, 0.3) is 0 Å². The van der Waals surface area contributed by atoms with E-state index < -0.39 is 5.41 Å². The van der Waals surface area contributed by atoms with Gasteiger partial charge in [0.2, 0.25) is 0 Å². The van der Waals surface area contributed by atoms with E-state index in [4.69, 9.17) is 11.6 Å². The lowest BCUT2D eigenvalue weighted by molar-refractivity contribution is 0.413. The lowest BCUT2D eigenvalue weighted by Crippen LogP contribution is -2.28. The predicted molar refractivity (Wildman–Crippen MR) is 99.1 cm³/mol. The van der Waals surface area contributed by atoms with Crippen LogP contribution < -0.4 is 0 Å². The van der Waals surface area contributed by atoms with Gasteiger partial charge in [-0.1, -0.05) is 60.2 Å². The molecule has 0 radical (unpaired) electrons. The van der Waals surface area contributed by atoms with Crippen LogP contribution in [0.4, 0.5) is 0 Å². The molecule has 3 rings (SSSR count). The Morgan fingerprint density at radius 3 is 2.50 bits per heavy atom. The molecule has 3 atom stereocenters. The van der Waals surface area contributed by atoms with Gasteiger partial charge < -0.3 is 0 Å². The monoisotopic (exact) mass is 338 g/mol. The summed E-state index contributed by atoms with van der Waals surface area (Å²) in [6.07, 6.45) is 1.55. The lowest BCUT2D eigenvalue weighted by atomic mass is 9.75. The third-order valence-corrected chi connectivity index (χ3v) is 5.17. The van der Waals surface area contributed by atoms with Crippen LogP contribution in [0.2, 0.25) is 0 Å². The number of rotatable bonds is 7. The average molecular weight is 339 g/mol. The van der Waals surface area contributed by atoms with Gasteiger partial charge in [-0.15, -0.1) is 11.6 Å². The van der Waals surface area contributed by atoms with Gasteiger partial charge in [-0.25, -0.2) is 0 Å². The number of benzene rings is 2. The highest BCUT2D eigenvalue weighted by atomic mass is 35.5. The molecule has 1 heterocycles. The van der Waals surface area contributed by atoms with Gasteiger partial charge in [-0.2, -0.15) is 5.26 Å². The normalized spacial score (nSPS) is 21.7. The Balaban J connectivity index is 1.69. The molecule has 1 fully saturated rings. The zero-order valence-electron chi connectivity index (χ0n) is 14.1. The van der Waals surface area contributed by atoms with E-state index in [0.717, 1.165) is 25.1 Å². The van der Waals surface area contributed by atoms with Crippen molar-refractivity contribution in [3.63, 3.8) is 0 Å². The molecule has 1 unspecified atom stereocenters. The van der Waals surface area contributed by atoms with E-state index in [1.165, 1.54) is 11.1 Å². The predicted octanol–water partition coefficient (Wildman–Crippen LogP) is 4.66. The Hall–Kier alpha value is -1.82. The van der Waals surface area contributed by atoms with Gasteiger partial charge in [-0.3, -0.25) is 4.90 Å². The lowest BCUT2D eigenvalue weighted by Gasteiger charge is -2.26. The average Bonchev–Trinajstić information content (AvgIpc) is 3.34. The van der Waals surface area contributed by atoms with E-state index in [0.29, 0.717) is 18.3 Å². The molecule has 3 heteroatoms. The number of hydrogen-bond acceptors (Lipinski definition) is 2. The van der Waals surface area contributed by atoms with Crippen molar-refractivity contribution >= 4 is 11.6 Å². The van der Waals surface area contributed by atoms with Gasteiger partial charge in [0, 0.05) is 25.0 Å². The summed E-state index contributed by atoms with van der Waals surface area (Å²) < 4.78 is 0. The molecule has 2 aromatic rings. The van der Waals surface area contributed by atoms with E-state index in [1.807, 2.05) is 18.2 Å². The number of alkyl halides is 1. The Bertz CT molecular complexity index is 705. The Morgan fingerprint density at radius 2 is 1.88 bits per heavy atom. The molecule has 1 aliphatic heterocycles. The number of nitrogens with zero attached hydrogens (tertiary/aromatic N) is 2. The van der Waals surface area contributed by atoms with Crippen molar-refractivity contribution in [1.29, 1.82) is 5.26 Å². The van der Waals surface area contributed by atoms with E-state index in [-0.39, 0.29) is 0 Å². The minimum absolute atomic E-state index is 0.467. The van der Waals surface area contributed by atoms with E-state index in [1.54, 1.807) is 0 Å². The molecule has 2 aromatic carbocycles. The van der Waals surface area contributed by atoms with Crippen LogP contribution in [0, 0.1) is 18.3 Å². The molecule has 1 aliphatic rings. The summed E-state index contributed by atoms with van der Waals surface area (Å²) in [4.78, 5) is 2.44. The number of hydrogen-bond donors (Lipinski definition) is 0. The van der Waals surface area contributed by atoms with Crippen molar-refractivity contribution < 1.29 is 0 Å². The number of aryl methyl sites for hydroxylation is 1. The van der Waals surface area contributed by atoms with Crippen LogP contribution >= 0.6 is 11.6 Å². The largest absolute Gasteiger partial charge is 0.293 e. The second kappa shape index (κ2) is 7.38. The maximum Gasteiger partial charge on any atom is 0.0849 e. The van der Waals surface area contributed by atoms with Crippen molar-refractivity contribution in [2.75, 3.05) is 12.4 Å². The zero-order chi connectivity index (χ0) is 17.0. The smallest absolute Gasteiger partial charge is 0.0849 e. The molecule has 124 valence electrons. The van der Waals surface area contributed by atoms with Crippen molar-refractivity contribution in [3.8, 4) is 6.07 Å². The standard InChI is InChI=1S/C21H23ClN2/c1-17-7-9-18(10-8-17)14-24-15-20(24)13-21(16-23,11-12-22)19-5-3-2-4-6-19/h2-10,20H,11-15H2,1H3/t20-,21+,24?/m1/s1. The van der Waals surface area contributed by atoms with Gasteiger partial charge in [-0.05, 0) is 30.9 Å². The fourth-order valence-electron chi connectivity index (χ4n) is 3.39. The van der Waals surface area contributed by atoms with Crippen molar-refractivity contribution in [3.05, 3.63) is 71.3 Å². The highest BCUT2D eigenvalue weighted by Crippen LogP contribution is 2.38. The molecule has 0 bridgehead atoms. The van der Waals surface area contributed by atoms with E-state index >= 15 is 0 Å². The minimum Gasteiger partial charge on any atom is -0.293 e. The third kappa shape index (κ3) is 3.80. The van der Waals surface area contributed by atoms with Crippen LogP contribution in [0.15, 0.2) is 54.6 Å². The SMILES string of the molecule is Cc1ccc(CN2C[C@H]2C[C@](C#N)(CCCl)c2ccccc2)cc1. The third-order valence-electron chi connectivity index (χ3n) is 4.98. The van der Waals surface area contributed by atoms with Gasteiger partial charge in [0.25, 0.3) is 0 Å². The van der Waals surface area contributed by atoms with E-state index in [2.05, 4.69) is 54.3 Å². The molecule has 0 aliphatic carbocycles. The molecular formula is C21H23ClN2. The van der Waals surface area contributed by atoms with Gasteiger partial charge in [0.15, 0.2) is 0 Å². The first-order valence-corrected chi connectivity index (χ1v) is 9.03. The number of nitriles is 1. The fourth-order valence-corrected chi connectivity index (χ4v) is 3.71. The minimum atomic E-state index is -0.476. The zero-order valence-corrected chi connectivity index (χ0v) is 14.8. The van der Waals surface area contributed by atoms with Gasteiger partial charge in [0.1, 0.15) is 0 Å². The van der Waals surface area contributed by atoms with Crippen molar-refractivity contribution in [1.82, 2.24) is 4.90 Å². The highest BCUT2D eigenvalue weighted by Gasteiger charge is 2.43. The number of halogens is 1. The summed E-state index contributed by atoms with van der Waals surface area (Å²) in [5.41, 5.74) is 3.24. The first-order valence-electron chi connectivity index (χ1n) is 8.49. The van der Waals surface area contributed by atoms with Crippen LogP contribution in [0.3, 0.4) is 0 Å². The molecule has 24 heavy (non-hydrogen) atoms. The van der Waals surface area contributed by atoms with Gasteiger partial charge in [0.05, 0.1) is 11.5 Å². The molecule has 0 amide bonds. The first kappa shape index (κ1) is 17.0. The van der Waals surface area contributed by atoms with Gasteiger partial charge >= 0.3 is 0 Å². The summed E-state index contributed by atoms with van der Waals surface area (Å²) in [6.45, 7) is 4.13. The van der Waals surface area contributed by atoms with Crippen LogP contribution in [0.5, 0.6) is 0 Å². The summed E-state index contributed by atoms with van der Waals surface area (Å²) in [5, 5.41) is 9.92. The van der Waals surface area contributed by atoms with Crippen LogP contribution in [-0.2, 0) is 12.0 Å². The molecule has 0 saturated carbocycles. The summed E-state index contributed by atoms with van der Waals surface area (Å²) in [7, 11) is 0. The quantitative estimate of drug-likeness (QED) is 0.542. The molecule has 0 aromatic heterocycles. The first-order chi connectivity index (χ1) is 11.7. The Labute approximate surface area is 149 Å². The topological polar surface area (TPSA) is 26.8 Å². The molecule has 0 N–H and O–H groups in total. The van der Waals surface area contributed by atoms with E-state index in [9.17, 15) is 5.26 Å². The molecule has 1 saturated heterocycles. The Kier molecular flexibility index (Phi) is 5.23. The molecular weight excluding hydrogens is 316 g/mol. The molecule has 2 nitrogen and oxygen atoms in total. The Morgan fingerprint density at radius 1 is 1.17 bits per heavy atom. The maximum absolute atomic E-state index is 9.92. The summed E-state index contributed by atoms with van der Waals surface area (Å²) in [5.74, 6) is 0.507. The van der Waals surface area contributed by atoms with Crippen molar-refractivity contribution in [2.45, 2.75) is 37.8 Å². The summed E-state index contributed by atoms with van der Waals surface area (Å²) >= 11 is 6.03. The molecule has 0 spiro atoms. The highest BCUT2D eigenvalue weighted by molar-refractivity contribution is 6.17. The van der Waals surface area contributed by atoms with Crippen molar-refractivity contribution in [2.24, 2.45) is 0 Å². The second-order valence-electron chi connectivity index (χ2n) is 6.77. The fraction of sp³-hybridized carbons (Fsp3) is 0.381. The van der Waals surface area contributed by atoms with Crippen LogP contribution in [-0.4, -0.2) is 23.4 Å². The second-order valence-corrected chi connectivity index (χ2v) is 7.15. The maximum atomic E-state index is 9.92. The van der Waals surface area contributed by atoms with Crippen LogP contribution in [0.1, 0.15) is 29.5 Å². The summed E-state index contributed by atoms with van der Waals surface area (Å²) in [6, 6.07) is 21.9.